The molecule has 10 heteroatoms. The maximum absolute atomic E-state index is 12.6. The van der Waals surface area contributed by atoms with Gasteiger partial charge in [0.05, 0.1) is 0 Å². The van der Waals surface area contributed by atoms with Crippen LogP contribution < -0.4 is 10.6 Å². The molecule has 0 spiro atoms. The average Bonchev–Trinajstić information content (AvgIpc) is 3.32. The molecule has 0 aliphatic heterocycles. The highest BCUT2D eigenvalue weighted by Gasteiger charge is 2.25. The number of sulfonamides is 1. The second kappa shape index (κ2) is 13.4. The van der Waals surface area contributed by atoms with E-state index >= 15 is 0 Å². The number of guanidine groups is 1. The van der Waals surface area contributed by atoms with Gasteiger partial charge in [-0.15, -0.1) is 35.3 Å². The number of halogens is 1. The minimum atomic E-state index is -3.36. The predicted octanol–water partition coefficient (Wildman–Crippen LogP) is 3.78. The van der Waals surface area contributed by atoms with Crippen LogP contribution in [-0.2, 0) is 16.4 Å². The quantitative estimate of drug-likeness (QED) is 0.253. The highest BCUT2D eigenvalue weighted by Crippen LogP contribution is 2.28. The largest absolute Gasteiger partial charge is 0.357 e. The van der Waals surface area contributed by atoms with Crippen molar-refractivity contribution >= 4 is 63.1 Å². The van der Waals surface area contributed by atoms with E-state index < -0.39 is 10.0 Å². The van der Waals surface area contributed by atoms with Crippen molar-refractivity contribution in [2.45, 2.75) is 62.0 Å². The van der Waals surface area contributed by atoms with Gasteiger partial charge in [-0.25, -0.2) is 8.42 Å². The van der Waals surface area contributed by atoms with Crippen molar-refractivity contribution < 1.29 is 8.42 Å². The third kappa shape index (κ3) is 7.86. The Morgan fingerprint density at radius 2 is 2.00 bits per heavy atom. The highest BCUT2D eigenvalue weighted by atomic mass is 127. The Morgan fingerprint density at radius 1 is 1.28 bits per heavy atom. The number of nitrogens with zero attached hydrogens (tertiary/aromatic N) is 2. The minimum Gasteiger partial charge on any atom is -0.357 e. The summed E-state index contributed by atoms with van der Waals surface area (Å²) in [6.07, 6.45) is 6.56. The van der Waals surface area contributed by atoms with Crippen LogP contribution in [0.25, 0.3) is 0 Å². The van der Waals surface area contributed by atoms with Crippen LogP contribution in [-0.4, -0.2) is 62.4 Å². The van der Waals surface area contributed by atoms with E-state index in [0.29, 0.717) is 29.9 Å². The van der Waals surface area contributed by atoms with E-state index in [1.54, 1.807) is 6.07 Å². The Bertz CT molecular complexity index is 736. The van der Waals surface area contributed by atoms with Gasteiger partial charge in [-0.3, -0.25) is 4.99 Å². The summed E-state index contributed by atoms with van der Waals surface area (Å²) < 4.78 is 27.1. The van der Waals surface area contributed by atoms with Crippen LogP contribution in [0.5, 0.6) is 0 Å². The smallest absolute Gasteiger partial charge is 0.252 e. The standard InChI is InChI=1S/C19H34N4O2S3.HI/c1-5-20-19(22-15-8-9-17(14-15)26-4)21-13-12-16-10-11-18(27-16)28(24,25)23(6-2)7-3;/h10-11,15,17H,5-9,12-14H2,1-4H3,(H2,20,21,22);1H. The zero-order chi connectivity index (χ0) is 20.6. The van der Waals surface area contributed by atoms with Crippen LogP contribution in [0.1, 0.15) is 44.9 Å². The van der Waals surface area contributed by atoms with Crippen molar-refractivity contribution in [1.82, 2.24) is 14.9 Å². The van der Waals surface area contributed by atoms with Crippen molar-refractivity contribution in [1.29, 1.82) is 0 Å². The number of thioether (sulfide) groups is 1. The van der Waals surface area contributed by atoms with E-state index in [9.17, 15) is 8.42 Å². The number of hydrogen-bond acceptors (Lipinski definition) is 5. The summed E-state index contributed by atoms with van der Waals surface area (Å²) in [6, 6.07) is 4.13. The molecular formula is C19H35IN4O2S3. The van der Waals surface area contributed by atoms with Crippen LogP contribution in [0, 0.1) is 0 Å². The highest BCUT2D eigenvalue weighted by molar-refractivity contribution is 14.0. The molecule has 2 unspecified atom stereocenters. The first-order chi connectivity index (χ1) is 13.4. The van der Waals surface area contributed by atoms with E-state index in [1.807, 2.05) is 31.7 Å². The number of nitrogens with one attached hydrogen (secondary N) is 2. The number of rotatable bonds is 10. The van der Waals surface area contributed by atoms with Crippen LogP contribution in [0.15, 0.2) is 21.3 Å². The van der Waals surface area contributed by atoms with Gasteiger partial charge < -0.3 is 10.6 Å². The Labute approximate surface area is 201 Å². The van der Waals surface area contributed by atoms with Crippen molar-refractivity contribution in [3.8, 4) is 0 Å². The minimum absolute atomic E-state index is 0. The topological polar surface area (TPSA) is 73.8 Å². The van der Waals surface area contributed by atoms with Gasteiger partial charge in [0.1, 0.15) is 4.21 Å². The molecule has 0 aromatic carbocycles. The molecule has 1 aromatic heterocycles. The molecule has 1 aliphatic rings. The molecule has 2 N–H and O–H groups in total. The zero-order valence-corrected chi connectivity index (χ0v) is 22.6. The van der Waals surface area contributed by atoms with Gasteiger partial charge >= 0.3 is 0 Å². The molecule has 1 aromatic rings. The summed E-state index contributed by atoms with van der Waals surface area (Å²) in [6.45, 7) is 8.26. The van der Waals surface area contributed by atoms with Gasteiger partial charge in [0.15, 0.2) is 5.96 Å². The summed E-state index contributed by atoms with van der Waals surface area (Å²) >= 11 is 3.31. The van der Waals surface area contributed by atoms with Gasteiger partial charge in [0.2, 0.25) is 0 Å². The normalized spacial score (nSPS) is 20.0. The van der Waals surface area contributed by atoms with Gasteiger partial charge in [-0.05, 0) is 44.6 Å². The van der Waals surface area contributed by atoms with E-state index in [4.69, 9.17) is 4.99 Å². The first-order valence-corrected chi connectivity index (χ1v) is 13.6. The molecule has 1 fully saturated rings. The van der Waals surface area contributed by atoms with Crippen LogP contribution >= 0.6 is 47.1 Å². The number of thiophene rings is 1. The molecule has 6 nitrogen and oxygen atoms in total. The summed E-state index contributed by atoms with van der Waals surface area (Å²) in [5, 5.41) is 7.62. The summed E-state index contributed by atoms with van der Waals surface area (Å²) in [7, 11) is -3.36. The first-order valence-electron chi connectivity index (χ1n) is 10.1. The molecule has 0 bridgehead atoms. The lowest BCUT2D eigenvalue weighted by molar-refractivity contribution is 0.447. The Hall–Kier alpha value is -0.0400. The number of aliphatic imine (C=N–C) groups is 1. The molecule has 1 saturated carbocycles. The molecule has 1 aliphatic carbocycles. The van der Waals surface area contributed by atoms with Gasteiger partial charge in [-0.1, -0.05) is 13.8 Å². The van der Waals surface area contributed by atoms with E-state index in [-0.39, 0.29) is 24.0 Å². The first kappa shape index (κ1) is 27.0. The molecule has 29 heavy (non-hydrogen) atoms. The molecule has 2 atom stereocenters. The maximum Gasteiger partial charge on any atom is 0.252 e. The third-order valence-electron chi connectivity index (χ3n) is 4.97. The Morgan fingerprint density at radius 3 is 2.59 bits per heavy atom. The molecule has 0 radical (unpaired) electrons. The fourth-order valence-corrected chi connectivity index (χ4v) is 7.15. The Kier molecular flexibility index (Phi) is 12.5. The second-order valence-corrected chi connectivity index (χ2v) is 11.3. The lowest BCUT2D eigenvalue weighted by atomic mass is 10.2. The summed E-state index contributed by atoms with van der Waals surface area (Å²) in [4.78, 5) is 5.75. The second-order valence-electron chi connectivity index (χ2n) is 6.83. The van der Waals surface area contributed by atoms with Crippen molar-refractivity contribution in [3.63, 3.8) is 0 Å². The molecule has 2 rings (SSSR count). The van der Waals surface area contributed by atoms with Gasteiger partial charge in [-0.2, -0.15) is 16.1 Å². The van der Waals surface area contributed by atoms with E-state index in [1.165, 1.54) is 34.9 Å². The molecule has 1 heterocycles. The summed E-state index contributed by atoms with van der Waals surface area (Å²) in [5.74, 6) is 0.863. The maximum atomic E-state index is 12.6. The monoisotopic (exact) mass is 574 g/mol. The van der Waals surface area contributed by atoms with E-state index in [0.717, 1.165) is 29.1 Å². The molecule has 0 saturated heterocycles. The molecule has 168 valence electrons. The number of hydrogen-bond donors (Lipinski definition) is 2. The lowest BCUT2D eigenvalue weighted by Crippen LogP contribution is -2.42. The van der Waals surface area contributed by atoms with Crippen molar-refractivity contribution in [2.75, 3.05) is 32.4 Å². The third-order valence-corrected chi connectivity index (χ3v) is 9.72. The van der Waals surface area contributed by atoms with Crippen molar-refractivity contribution in [2.24, 2.45) is 4.99 Å². The predicted molar refractivity (Wildman–Crippen MR) is 138 cm³/mol. The molecule has 0 amide bonds. The fourth-order valence-electron chi connectivity index (χ4n) is 3.40. The fraction of sp³-hybridized carbons (Fsp3) is 0.737. The van der Waals surface area contributed by atoms with Crippen LogP contribution in [0.2, 0.25) is 0 Å². The van der Waals surface area contributed by atoms with Crippen LogP contribution in [0.4, 0.5) is 0 Å². The summed E-state index contributed by atoms with van der Waals surface area (Å²) in [5.41, 5.74) is 0. The van der Waals surface area contributed by atoms with Gasteiger partial charge in [0, 0.05) is 48.8 Å². The van der Waals surface area contributed by atoms with Crippen LogP contribution in [0.3, 0.4) is 0 Å². The average molecular weight is 575 g/mol. The Balaban J connectivity index is 0.00000420. The van der Waals surface area contributed by atoms with Crippen molar-refractivity contribution in [3.05, 3.63) is 17.0 Å². The molecular weight excluding hydrogens is 539 g/mol. The van der Waals surface area contributed by atoms with E-state index in [2.05, 4.69) is 23.8 Å². The SMILES string of the molecule is CCNC(=NCCc1ccc(S(=O)(=O)N(CC)CC)s1)NC1CCC(SC)C1.I. The zero-order valence-electron chi connectivity index (χ0n) is 17.8. The lowest BCUT2D eigenvalue weighted by Gasteiger charge is -2.17. The van der Waals surface area contributed by atoms with Gasteiger partial charge in [0.25, 0.3) is 10.0 Å².